The van der Waals surface area contributed by atoms with Crippen LogP contribution in [0.25, 0.3) is 21.5 Å². The molecule has 6 N–H and O–H groups in total. The average molecular weight is 1320 g/mol. The molecule has 0 aliphatic rings. The summed E-state index contributed by atoms with van der Waals surface area (Å²) in [7, 11) is 2.37. The summed E-state index contributed by atoms with van der Waals surface area (Å²) in [5.74, 6) is -6.58. The molecule has 2 atom stereocenters. The van der Waals surface area contributed by atoms with E-state index in [4.69, 9.17) is 18.9 Å². The largest absolute Gasteiger partial charge is 0.467 e. The van der Waals surface area contributed by atoms with Gasteiger partial charge in [0.25, 0.3) is 11.8 Å². The van der Waals surface area contributed by atoms with E-state index in [9.17, 15) is 56.7 Å². The van der Waals surface area contributed by atoms with Crippen molar-refractivity contribution in [1.82, 2.24) is 41.7 Å². The number of unbranched alkanes of at least 4 members (excludes halogenated alkanes) is 2. The van der Waals surface area contributed by atoms with E-state index < -0.39 is 109 Å². The van der Waals surface area contributed by atoms with Crippen LogP contribution in [0.15, 0.2) is 158 Å². The van der Waals surface area contributed by atoms with Crippen molar-refractivity contribution in [2.24, 2.45) is 0 Å². The zero-order valence-electron chi connectivity index (χ0n) is 53.7. The van der Waals surface area contributed by atoms with Crippen molar-refractivity contribution in [2.45, 2.75) is 76.3 Å². The number of amides is 8. The fourth-order valence-corrected chi connectivity index (χ4v) is 10.5. The second kappa shape index (κ2) is 38.4. The maximum Gasteiger partial charge on any atom is 0.407 e. The number of nitrogens with one attached hydrogen (secondary N) is 6. The third-order valence-corrected chi connectivity index (χ3v) is 15.6. The number of carbonyl (C=O) groups is 10. The highest BCUT2D eigenvalue weighted by Crippen LogP contribution is 2.21. The summed E-state index contributed by atoms with van der Waals surface area (Å²) in [5.41, 5.74) is 3.15. The third-order valence-electron chi connectivity index (χ3n) is 15.6. The lowest BCUT2D eigenvalue weighted by Crippen LogP contribution is -2.47. The van der Waals surface area contributed by atoms with Gasteiger partial charge >= 0.3 is 24.1 Å². The number of methoxy groups -OCH3 is 2. The number of benzene rings is 7. The monoisotopic (exact) mass is 1320 g/mol. The normalized spacial score (nSPS) is 11.5. The van der Waals surface area contributed by atoms with Crippen molar-refractivity contribution in [1.29, 1.82) is 0 Å². The predicted molar refractivity (Wildman–Crippen MR) is 354 cm³/mol. The van der Waals surface area contributed by atoms with Crippen molar-refractivity contribution < 1.29 is 75.7 Å². The SMILES string of the molecule is COC(=O)[C@H](CCCCNC(=O)CN(CC(=O)NCCc1ccc(F)cc1)C(=O)c1cccc(C(=O)N(CC(=O)NCCCC[C@H](NC(=O)OCCc2cccc3ccccc23)C(=O)OC)CC(=O)NCCc2ccc(F)cc2)c1)NC(=O)OCCc1cccc2ccccc12. The fraction of sp³-hybridized carbons (Fsp3) is 0.333. The predicted octanol–water partition coefficient (Wildman–Crippen LogP) is 7.47. The maximum absolute atomic E-state index is 14.5. The molecule has 506 valence electrons. The van der Waals surface area contributed by atoms with Crippen LogP contribution in [0.3, 0.4) is 0 Å². The van der Waals surface area contributed by atoms with Gasteiger partial charge < -0.3 is 60.6 Å². The number of alkyl carbamates (subject to hydrolysis) is 2. The number of carbonyl (C=O) groups excluding carboxylic acids is 10. The molecule has 7 aromatic rings. The van der Waals surface area contributed by atoms with Crippen molar-refractivity contribution >= 4 is 81.1 Å². The summed E-state index contributed by atoms with van der Waals surface area (Å²) in [6, 6.07) is 41.9. The molecule has 0 heterocycles. The Bertz CT molecular complexity index is 3550. The van der Waals surface area contributed by atoms with Gasteiger partial charge in [0.05, 0.1) is 27.4 Å². The molecule has 0 aliphatic heterocycles. The zero-order valence-corrected chi connectivity index (χ0v) is 53.7. The summed E-state index contributed by atoms with van der Waals surface area (Å²) in [5, 5.41) is 20.1. The molecule has 0 radical (unpaired) electrons. The zero-order chi connectivity index (χ0) is 68.6. The van der Waals surface area contributed by atoms with Gasteiger partial charge in [0.15, 0.2) is 0 Å². The Morgan fingerprint density at radius 1 is 0.406 bits per heavy atom. The summed E-state index contributed by atoms with van der Waals surface area (Å²) in [6.45, 7) is -2.12. The average Bonchev–Trinajstić information content (AvgIpc) is 3.78. The summed E-state index contributed by atoms with van der Waals surface area (Å²) < 4.78 is 47.9. The van der Waals surface area contributed by atoms with Crippen LogP contribution in [0.5, 0.6) is 0 Å². The van der Waals surface area contributed by atoms with Crippen LogP contribution in [0, 0.1) is 11.6 Å². The number of fused-ring (bicyclic) bond motifs is 2. The lowest BCUT2D eigenvalue weighted by atomic mass is 10.0. The molecule has 8 amide bonds. The number of nitrogens with zero attached hydrogens (tertiary/aromatic N) is 2. The molecule has 0 bridgehead atoms. The highest BCUT2D eigenvalue weighted by atomic mass is 19.1. The number of ether oxygens (including phenoxy) is 4. The highest BCUT2D eigenvalue weighted by molar-refractivity contribution is 6.03. The quantitative estimate of drug-likeness (QED) is 0.0126. The van der Waals surface area contributed by atoms with Gasteiger partial charge in [-0.3, -0.25) is 28.8 Å². The summed E-state index contributed by atoms with van der Waals surface area (Å²) >= 11 is 0. The molecule has 22 nitrogen and oxygen atoms in total. The van der Waals surface area contributed by atoms with Crippen molar-refractivity contribution in [3.05, 3.63) is 203 Å². The molecule has 0 saturated heterocycles. The number of halogens is 2. The number of hydrogen-bond donors (Lipinski definition) is 6. The minimum Gasteiger partial charge on any atom is -0.467 e. The number of hydrogen-bond acceptors (Lipinski definition) is 14. The summed E-state index contributed by atoms with van der Waals surface area (Å²) in [6.07, 6.45) is 1.38. The van der Waals surface area contributed by atoms with E-state index in [1.54, 1.807) is 24.3 Å². The van der Waals surface area contributed by atoms with Gasteiger partial charge in [-0.25, -0.2) is 28.0 Å². The molecular formula is C72H80F2N8O14. The molecule has 0 aliphatic carbocycles. The van der Waals surface area contributed by atoms with Gasteiger partial charge in [0.1, 0.15) is 49.9 Å². The molecular weight excluding hydrogens is 1240 g/mol. The molecule has 0 spiro atoms. The first-order chi connectivity index (χ1) is 46.5. The Morgan fingerprint density at radius 2 is 0.760 bits per heavy atom. The Morgan fingerprint density at radius 3 is 1.15 bits per heavy atom. The van der Waals surface area contributed by atoms with E-state index in [-0.39, 0.29) is 63.4 Å². The van der Waals surface area contributed by atoms with E-state index in [0.29, 0.717) is 51.4 Å². The minimum atomic E-state index is -1.06. The van der Waals surface area contributed by atoms with Gasteiger partial charge in [-0.2, -0.15) is 0 Å². The Kier molecular flexibility index (Phi) is 29.1. The summed E-state index contributed by atoms with van der Waals surface area (Å²) in [4.78, 5) is 136. The van der Waals surface area contributed by atoms with Crippen LogP contribution < -0.4 is 31.9 Å². The van der Waals surface area contributed by atoms with Crippen LogP contribution in [-0.4, -0.2) is 161 Å². The second-order valence-electron chi connectivity index (χ2n) is 22.5. The second-order valence-corrected chi connectivity index (χ2v) is 22.5. The van der Waals surface area contributed by atoms with Gasteiger partial charge in [-0.1, -0.05) is 115 Å². The standard InChI is InChI=1S/C72H80F2N8O14/c1-93-69(89)61(79-71(91)95-42-36-53-18-11-16-51-14-3-5-22-59(51)53)24-7-9-38-75-63(83)45-81(47-65(85)77-40-34-49-26-30-57(73)31-27-49)67(87)55-20-13-21-56(44-55)68(88)82(48-66(86)78-41-35-50-28-32-58(74)33-29-50)46-64(84)76-39-10-8-25-62(70(90)94-2)80-72(92)96-43-37-54-19-12-17-52-15-4-6-23-60(52)54/h3-6,11-23,26-33,44,61-62H,7-10,24-25,34-43,45-48H2,1-2H3,(H,75,83)(H,76,84)(H,77,85)(H,78,86)(H,79,91)(H,80,92)/t61-,62-/m0/s1. The van der Waals surface area contributed by atoms with Crippen LogP contribution in [0.1, 0.15) is 81.5 Å². The molecule has 96 heavy (non-hydrogen) atoms. The van der Waals surface area contributed by atoms with E-state index >= 15 is 0 Å². The first-order valence-electron chi connectivity index (χ1n) is 31.7. The van der Waals surface area contributed by atoms with Crippen molar-refractivity contribution in [3.63, 3.8) is 0 Å². The molecule has 7 rings (SSSR count). The number of rotatable bonds is 36. The lowest BCUT2D eigenvalue weighted by Gasteiger charge is -2.24. The van der Waals surface area contributed by atoms with E-state index in [1.807, 2.05) is 84.9 Å². The van der Waals surface area contributed by atoms with Crippen molar-refractivity contribution in [3.8, 4) is 0 Å². The van der Waals surface area contributed by atoms with Gasteiger partial charge in [0, 0.05) is 50.1 Å². The van der Waals surface area contributed by atoms with Gasteiger partial charge in [-0.15, -0.1) is 0 Å². The molecule has 0 unspecified atom stereocenters. The lowest BCUT2D eigenvalue weighted by molar-refractivity contribution is -0.144. The van der Waals surface area contributed by atoms with Crippen LogP contribution in [-0.2, 0) is 73.4 Å². The highest BCUT2D eigenvalue weighted by Gasteiger charge is 2.28. The Labute approximate surface area is 555 Å². The Hall–Kier alpha value is -10.8. The minimum absolute atomic E-state index is 0.0491. The Balaban J connectivity index is 0.949. The van der Waals surface area contributed by atoms with Crippen molar-refractivity contribution in [2.75, 3.05) is 79.8 Å². The molecule has 0 fully saturated rings. The first-order valence-corrected chi connectivity index (χ1v) is 31.7. The molecule has 0 aromatic heterocycles. The smallest absolute Gasteiger partial charge is 0.407 e. The van der Waals surface area contributed by atoms with E-state index in [1.165, 1.54) is 62.8 Å². The maximum atomic E-state index is 14.5. The first kappa shape index (κ1) is 72.6. The van der Waals surface area contributed by atoms with E-state index in [2.05, 4.69) is 31.9 Å². The topological polar surface area (TPSA) is 286 Å². The number of esters is 2. The van der Waals surface area contributed by atoms with Crippen LogP contribution in [0.2, 0.25) is 0 Å². The molecule has 24 heteroatoms. The van der Waals surface area contributed by atoms with Gasteiger partial charge in [0.2, 0.25) is 23.6 Å². The molecule has 0 saturated carbocycles. The third kappa shape index (κ3) is 24.0. The van der Waals surface area contributed by atoms with E-state index in [0.717, 1.165) is 53.6 Å². The van der Waals surface area contributed by atoms with Gasteiger partial charge in [-0.05, 0) is 138 Å². The molecule has 7 aromatic carbocycles. The fourth-order valence-electron chi connectivity index (χ4n) is 10.5. The van der Waals surface area contributed by atoms with Crippen LogP contribution >= 0.6 is 0 Å². The van der Waals surface area contributed by atoms with Crippen LogP contribution in [0.4, 0.5) is 18.4 Å².